The summed E-state index contributed by atoms with van der Waals surface area (Å²) in [7, 11) is -18.2. The Morgan fingerprint density at radius 1 is 0.939 bits per heavy atom. The maximum absolute atomic E-state index is 11.7. The number of phosphoric ester groups is 1. The molecule has 0 saturated carbocycles. The quantitative estimate of drug-likeness (QED) is 0.187. The van der Waals surface area contributed by atoms with Gasteiger partial charge < -0.3 is 48.6 Å². The average molecular weight is 508 g/mol. The van der Waals surface area contributed by atoms with Gasteiger partial charge in [0.2, 0.25) is 0 Å². The fourth-order valence-electron chi connectivity index (χ4n) is 2.22. The first-order chi connectivity index (χ1) is 13.1. The summed E-state index contributed by atoms with van der Waals surface area (Å²) in [4.78, 5) is 69.6. The first-order valence-corrected chi connectivity index (χ1v) is 11.5. The fourth-order valence-corrected chi connectivity index (χ4v) is 5.09. The molecule has 17 nitrogen and oxygen atoms in total. The normalized spacial score (nSPS) is 25.8. The van der Waals surface area contributed by atoms with E-state index in [9.17, 15) is 53.1 Å². The molecule has 1 fully saturated rings. The SMILES string of the molecule is O=c1[nH]cc(C2OC(COP(=O)([O-])OP(=O)([O-])OP(=O)([O-])[O-])C(O)C2O)c(=O)[nH]1.[Li+].[Li+].[Li+].[Li+]. The van der Waals surface area contributed by atoms with Crippen molar-refractivity contribution in [3.8, 4) is 0 Å². The third kappa shape index (κ3) is 12.0. The van der Waals surface area contributed by atoms with Crippen LogP contribution < -0.4 is 106 Å². The van der Waals surface area contributed by atoms with Crippen LogP contribution in [0.15, 0.2) is 15.8 Å². The molecule has 6 unspecified atom stereocenters. The molecule has 0 aliphatic carbocycles. The van der Waals surface area contributed by atoms with Gasteiger partial charge in [-0.25, -0.2) is 9.11 Å². The number of phosphoric acid groups is 3. The van der Waals surface area contributed by atoms with Crippen LogP contribution in [0.4, 0.5) is 0 Å². The van der Waals surface area contributed by atoms with Crippen molar-refractivity contribution in [3.63, 3.8) is 0 Å². The predicted octanol–water partition coefficient (Wildman–Crippen LogP) is -16.9. The minimum atomic E-state index is -6.17. The molecule has 1 aromatic heterocycles. The van der Waals surface area contributed by atoms with Gasteiger partial charge in [-0.15, -0.1) is 0 Å². The molecule has 2 heterocycles. The van der Waals surface area contributed by atoms with Gasteiger partial charge in [-0.3, -0.25) is 23.2 Å². The first-order valence-electron chi connectivity index (χ1n) is 7.15. The van der Waals surface area contributed by atoms with Crippen molar-refractivity contribution >= 4 is 23.5 Å². The van der Waals surface area contributed by atoms with Crippen LogP contribution in [-0.4, -0.2) is 45.1 Å². The number of hydrogen-bond acceptors (Lipinski definition) is 15. The fraction of sp³-hybridized carbons (Fsp3) is 0.556. The molecule has 6 atom stereocenters. The van der Waals surface area contributed by atoms with Gasteiger partial charge in [0, 0.05) is 6.20 Å². The summed E-state index contributed by atoms with van der Waals surface area (Å²) < 4.78 is 48.3. The van der Waals surface area contributed by atoms with E-state index in [2.05, 4.69) is 18.1 Å². The number of aliphatic hydroxyl groups excluding tert-OH is 2. The Balaban J connectivity index is -0.00000225. The molecule has 33 heavy (non-hydrogen) atoms. The molecule has 1 aromatic rings. The van der Waals surface area contributed by atoms with E-state index in [0.29, 0.717) is 0 Å². The van der Waals surface area contributed by atoms with Crippen LogP contribution in [0.2, 0.25) is 0 Å². The summed E-state index contributed by atoms with van der Waals surface area (Å²) in [5, 5.41) is 19.8. The summed E-state index contributed by atoms with van der Waals surface area (Å²) in [6.45, 7) is -1.16. The Morgan fingerprint density at radius 2 is 1.48 bits per heavy atom. The molecule has 2 rings (SSSR count). The Hall–Kier alpha value is 1.36. The standard InChI is InChI=1S/C9H15N2O15P3.4Li/c12-5-4(2-23-28(19,20)26-29(21,22)25-27(16,17)18)24-7(6(5)13)3-1-10-9(15)11-8(3)14;;;;/h1,4-7,12-13H,2H2,(H,19,20)(H,21,22)(H2,16,17,18)(H2,10,11,14,15);;;;/q;4*+1/p-4. The van der Waals surface area contributed by atoms with E-state index in [-0.39, 0.29) is 81.0 Å². The molecule has 0 amide bonds. The Morgan fingerprint density at radius 3 is 1.97 bits per heavy atom. The number of aliphatic hydroxyl groups is 2. The van der Waals surface area contributed by atoms with E-state index in [4.69, 9.17) is 4.74 Å². The molecule has 166 valence electrons. The van der Waals surface area contributed by atoms with Gasteiger partial charge in [0.05, 0.1) is 20.0 Å². The predicted molar refractivity (Wildman–Crippen MR) is 78.3 cm³/mol. The van der Waals surface area contributed by atoms with Crippen molar-refractivity contribution in [1.82, 2.24) is 9.97 Å². The maximum atomic E-state index is 11.7. The molecular formula is C9H11Li4N2O15P3. The number of rotatable bonds is 8. The zero-order valence-corrected chi connectivity index (χ0v) is 20.3. The molecular weight excluding hydrogens is 497 g/mol. The van der Waals surface area contributed by atoms with Crippen molar-refractivity contribution in [2.45, 2.75) is 24.4 Å². The molecule has 1 saturated heterocycles. The van der Waals surface area contributed by atoms with E-state index >= 15 is 0 Å². The number of hydrogen-bond donors (Lipinski definition) is 4. The molecule has 0 radical (unpaired) electrons. The summed E-state index contributed by atoms with van der Waals surface area (Å²) in [5.74, 6) is 0. The van der Waals surface area contributed by atoms with Crippen LogP contribution in [-0.2, 0) is 31.6 Å². The maximum Gasteiger partial charge on any atom is 1.00 e. The van der Waals surface area contributed by atoms with E-state index in [1.807, 2.05) is 4.98 Å². The van der Waals surface area contributed by atoms with E-state index in [1.54, 1.807) is 0 Å². The minimum absolute atomic E-state index is 0. The number of ether oxygens (including phenoxy) is 1. The van der Waals surface area contributed by atoms with Crippen molar-refractivity contribution in [2.75, 3.05) is 6.61 Å². The van der Waals surface area contributed by atoms with Gasteiger partial charge in [0.25, 0.3) is 21.2 Å². The molecule has 0 aromatic carbocycles. The van der Waals surface area contributed by atoms with Gasteiger partial charge in [-0.05, 0) is 0 Å². The van der Waals surface area contributed by atoms with Gasteiger partial charge in [-0.1, -0.05) is 0 Å². The summed E-state index contributed by atoms with van der Waals surface area (Å²) in [6.07, 6.45) is -5.94. The van der Waals surface area contributed by atoms with E-state index < -0.39 is 65.7 Å². The van der Waals surface area contributed by atoms with Gasteiger partial charge in [-0.2, -0.15) is 0 Å². The largest absolute Gasteiger partial charge is 1.00 e. The van der Waals surface area contributed by atoms with Gasteiger partial charge >= 0.3 is 81.1 Å². The second kappa shape index (κ2) is 14.9. The zero-order valence-electron chi connectivity index (χ0n) is 17.6. The number of H-pyrrole nitrogens is 2. The van der Waals surface area contributed by atoms with E-state index in [0.717, 1.165) is 6.20 Å². The van der Waals surface area contributed by atoms with Crippen LogP contribution in [0.3, 0.4) is 0 Å². The number of aromatic amines is 2. The van der Waals surface area contributed by atoms with Crippen molar-refractivity contribution < 1.29 is 137 Å². The first kappa shape index (κ1) is 38.9. The van der Waals surface area contributed by atoms with Gasteiger partial charge in [0.15, 0.2) is 0 Å². The molecule has 4 N–H and O–H groups in total. The smallest absolute Gasteiger partial charge is 0.790 e. The summed E-state index contributed by atoms with van der Waals surface area (Å²) in [6, 6.07) is 0. The third-order valence-electron chi connectivity index (χ3n) is 3.31. The molecule has 24 heteroatoms. The van der Waals surface area contributed by atoms with E-state index in [1.165, 1.54) is 0 Å². The van der Waals surface area contributed by atoms with Crippen LogP contribution in [0.1, 0.15) is 11.7 Å². The second-order valence-electron chi connectivity index (χ2n) is 5.40. The Kier molecular flexibility index (Phi) is 17.6. The monoisotopic (exact) mass is 508 g/mol. The van der Waals surface area contributed by atoms with Crippen LogP contribution in [0, 0.1) is 0 Å². The van der Waals surface area contributed by atoms with Crippen LogP contribution in [0.5, 0.6) is 0 Å². The molecule has 1 aliphatic rings. The summed E-state index contributed by atoms with van der Waals surface area (Å²) >= 11 is 0. The zero-order chi connectivity index (χ0) is 22.2. The minimum Gasteiger partial charge on any atom is -0.790 e. The summed E-state index contributed by atoms with van der Waals surface area (Å²) in [5.41, 5.74) is -2.19. The van der Waals surface area contributed by atoms with Gasteiger partial charge in [0.1, 0.15) is 24.4 Å². The molecule has 1 aliphatic heterocycles. The topological polar surface area (TPSA) is 287 Å². The Labute approximate surface area is 232 Å². The van der Waals surface area contributed by atoms with Crippen LogP contribution in [0.25, 0.3) is 0 Å². The number of aromatic nitrogens is 2. The molecule has 0 spiro atoms. The van der Waals surface area contributed by atoms with Crippen molar-refractivity contribution in [3.05, 3.63) is 32.6 Å². The Bertz CT molecular complexity index is 1010. The molecule has 0 bridgehead atoms. The number of nitrogens with one attached hydrogen (secondary N) is 2. The van der Waals surface area contributed by atoms with Crippen molar-refractivity contribution in [1.29, 1.82) is 0 Å². The average Bonchev–Trinajstić information content (AvgIpc) is 2.78. The second-order valence-corrected chi connectivity index (χ2v) is 9.65. The third-order valence-corrected chi connectivity index (χ3v) is 6.98. The van der Waals surface area contributed by atoms with Crippen molar-refractivity contribution in [2.24, 2.45) is 0 Å². The van der Waals surface area contributed by atoms with Crippen LogP contribution >= 0.6 is 23.5 Å².